The highest BCUT2D eigenvalue weighted by Gasteiger charge is 2.17. The highest BCUT2D eigenvalue weighted by atomic mass is 16.3. The summed E-state index contributed by atoms with van der Waals surface area (Å²) in [6.07, 6.45) is 0. The molecule has 0 saturated carbocycles. The highest BCUT2D eigenvalue weighted by Crippen LogP contribution is 2.42. The first kappa shape index (κ1) is 34.6. The lowest BCUT2D eigenvalue weighted by Gasteiger charge is -2.26. The van der Waals surface area contributed by atoms with E-state index in [1.807, 2.05) is 0 Å². The molecular formula is C57H39NO. The smallest absolute Gasteiger partial charge is 0.136 e. The lowest BCUT2D eigenvalue weighted by Crippen LogP contribution is -2.09. The monoisotopic (exact) mass is 753 g/mol. The lowest BCUT2D eigenvalue weighted by molar-refractivity contribution is 0.668. The van der Waals surface area contributed by atoms with Gasteiger partial charge < -0.3 is 9.32 Å². The van der Waals surface area contributed by atoms with E-state index < -0.39 is 0 Å². The Morgan fingerprint density at radius 2 is 0.831 bits per heavy atom. The van der Waals surface area contributed by atoms with Crippen LogP contribution in [0.25, 0.3) is 88.0 Å². The first-order valence-corrected chi connectivity index (χ1v) is 20.2. The molecule has 0 aliphatic rings. The van der Waals surface area contributed by atoms with Gasteiger partial charge in [-0.05, 0) is 133 Å². The molecule has 0 atom stereocenters. The van der Waals surface area contributed by atoms with Gasteiger partial charge in [0.25, 0.3) is 0 Å². The number of aryl methyl sites for hydroxylation is 1. The van der Waals surface area contributed by atoms with Crippen molar-refractivity contribution in [2.45, 2.75) is 6.92 Å². The summed E-state index contributed by atoms with van der Waals surface area (Å²) in [5.41, 5.74) is 15.8. The van der Waals surface area contributed by atoms with Gasteiger partial charge in [0.1, 0.15) is 11.2 Å². The van der Waals surface area contributed by atoms with Crippen molar-refractivity contribution in [3.05, 3.63) is 224 Å². The first-order valence-electron chi connectivity index (χ1n) is 20.2. The van der Waals surface area contributed by atoms with Gasteiger partial charge in [-0.2, -0.15) is 0 Å². The minimum atomic E-state index is 0.905. The molecular weight excluding hydrogens is 715 g/mol. The van der Waals surface area contributed by atoms with Gasteiger partial charge in [0.05, 0.1) is 0 Å². The number of hydrogen-bond donors (Lipinski definition) is 0. The van der Waals surface area contributed by atoms with Crippen LogP contribution in [0.1, 0.15) is 5.56 Å². The molecule has 0 N–H and O–H groups in total. The van der Waals surface area contributed by atoms with Crippen molar-refractivity contribution in [1.82, 2.24) is 0 Å². The molecule has 11 rings (SSSR count). The third-order valence-electron chi connectivity index (χ3n) is 11.7. The van der Waals surface area contributed by atoms with E-state index in [0.29, 0.717) is 0 Å². The second-order valence-electron chi connectivity index (χ2n) is 15.4. The Kier molecular flexibility index (Phi) is 8.41. The van der Waals surface area contributed by atoms with E-state index in [0.717, 1.165) is 50.1 Å². The minimum Gasteiger partial charge on any atom is -0.456 e. The average molecular weight is 754 g/mol. The molecule has 0 aliphatic heterocycles. The van der Waals surface area contributed by atoms with Crippen LogP contribution in [0.5, 0.6) is 0 Å². The quantitative estimate of drug-likeness (QED) is 0.151. The minimum absolute atomic E-state index is 0.905. The zero-order chi connectivity index (χ0) is 39.3. The van der Waals surface area contributed by atoms with Crippen LogP contribution in [0, 0.1) is 6.92 Å². The molecule has 0 spiro atoms. The molecule has 0 saturated heterocycles. The predicted octanol–water partition coefficient (Wildman–Crippen LogP) is 16.3. The van der Waals surface area contributed by atoms with E-state index in [1.165, 1.54) is 60.5 Å². The fourth-order valence-electron chi connectivity index (χ4n) is 8.78. The number of benzene rings is 10. The maximum absolute atomic E-state index is 6.32. The van der Waals surface area contributed by atoms with Crippen molar-refractivity contribution >= 4 is 60.5 Å². The van der Waals surface area contributed by atoms with Crippen LogP contribution in [0.2, 0.25) is 0 Å². The Bertz CT molecular complexity index is 3290. The number of nitrogens with zero attached hydrogens (tertiary/aromatic N) is 1. The number of fused-ring (bicyclic) bond motifs is 6. The first-order chi connectivity index (χ1) is 29.1. The zero-order valence-electron chi connectivity index (χ0n) is 32.6. The van der Waals surface area contributed by atoms with Gasteiger partial charge in [-0.15, -0.1) is 0 Å². The summed E-state index contributed by atoms with van der Waals surface area (Å²) < 4.78 is 6.32. The van der Waals surface area contributed by atoms with E-state index in [1.54, 1.807) is 0 Å². The molecule has 11 aromatic rings. The SMILES string of the molecule is Cc1ccc2c(c1)oc1cccc(-c3ccc(N(c4ccc(-c5ccc(-c6ccccc6)cc5)cc4)c4ccc(-c5cc6ccccc6c6ccccc56)cc4)cc3)c12. The van der Waals surface area contributed by atoms with Crippen molar-refractivity contribution in [1.29, 1.82) is 0 Å². The standard InChI is InChI=1S/C57H39NO/c1-38-18-35-53-56(36-38)59-55-17-9-16-50(57(53)55)43-25-31-47(32-26-43)58(46-29-23-42(24-30-46)41-21-19-40(20-22-41)39-10-3-2-4-11-39)48-33-27-44(28-34-48)54-37-45-12-5-6-13-49(45)51-14-7-8-15-52(51)54/h2-37H,1H3. The van der Waals surface area contributed by atoms with Crippen LogP contribution in [0.3, 0.4) is 0 Å². The van der Waals surface area contributed by atoms with Crippen LogP contribution in [-0.2, 0) is 0 Å². The van der Waals surface area contributed by atoms with Crippen molar-refractivity contribution in [3.63, 3.8) is 0 Å². The van der Waals surface area contributed by atoms with E-state index in [9.17, 15) is 0 Å². The second kappa shape index (κ2) is 14.4. The van der Waals surface area contributed by atoms with Gasteiger partial charge in [-0.1, -0.05) is 164 Å². The van der Waals surface area contributed by atoms with E-state index in [2.05, 4.69) is 230 Å². The van der Waals surface area contributed by atoms with Crippen molar-refractivity contribution < 1.29 is 4.42 Å². The van der Waals surface area contributed by atoms with Crippen molar-refractivity contribution in [3.8, 4) is 44.5 Å². The summed E-state index contributed by atoms with van der Waals surface area (Å²) in [7, 11) is 0. The van der Waals surface area contributed by atoms with Crippen molar-refractivity contribution in [2.24, 2.45) is 0 Å². The number of rotatable bonds is 7. The van der Waals surface area contributed by atoms with Gasteiger partial charge in [-0.3, -0.25) is 0 Å². The summed E-state index contributed by atoms with van der Waals surface area (Å²) in [6.45, 7) is 2.10. The highest BCUT2D eigenvalue weighted by molar-refractivity contribution is 6.14. The Morgan fingerprint density at radius 1 is 0.322 bits per heavy atom. The summed E-state index contributed by atoms with van der Waals surface area (Å²) in [5, 5.41) is 7.35. The largest absolute Gasteiger partial charge is 0.456 e. The van der Waals surface area contributed by atoms with Gasteiger partial charge in [0, 0.05) is 27.8 Å². The van der Waals surface area contributed by atoms with Gasteiger partial charge in [0.15, 0.2) is 0 Å². The molecule has 59 heavy (non-hydrogen) atoms. The molecule has 0 radical (unpaired) electrons. The predicted molar refractivity (Wildman–Crippen MR) is 250 cm³/mol. The van der Waals surface area contributed by atoms with Crippen LogP contribution < -0.4 is 4.90 Å². The maximum atomic E-state index is 6.32. The third-order valence-corrected chi connectivity index (χ3v) is 11.7. The van der Waals surface area contributed by atoms with Gasteiger partial charge >= 0.3 is 0 Å². The van der Waals surface area contributed by atoms with Crippen LogP contribution in [0.15, 0.2) is 223 Å². The van der Waals surface area contributed by atoms with Crippen LogP contribution in [0.4, 0.5) is 17.1 Å². The normalized spacial score (nSPS) is 11.5. The molecule has 10 aromatic carbocycles. The summed E-state index contributed by atoms with van der Waals surface area (Å²) >= 11 is 0. The molecule has 0 aliphatic carbocycles. The fraction of sp³-hybridized carbons (Fsp3) is 0.0175. The van der Waals surface area contributed by atoms with Crippen LogP contribution >= 0.6 is 0 Å². The molecule has 0 bridgehead atoms. The maximum Gasteiger partial charge on any atom is 0.136 e. The summed E-state index contributed by atoms with van der Waals surface area (Å²) in [5.74, 6) is 0. The van der Waals surface area contributed by atoms with Crippen molar-refractivity contribution in [2.75, 3.05) is 4.90 Å². The number of furan rings is 1. The lowest BCUT2D eigenvalue weighted by atomic mass is 9.93. The molecule has 2 heteroatoms. The Morgan fingerprint density at radius 3 is 1.47 bits per heavy atom. The molecule has 0 unspecified atom stereocenters. The Labute approximate surface area is 343 Å². The Hall–Kier alpha value is -7.68. The molecule has 1 aromatic heterocycles. The molecule has 278 valence electrons. The van der Waals surface area contributed by atoms with E-state index in [-0.39, 0.29) is 0 Å². The molecule has 0 fully saturated rings. The number of hydrogen-bond acceptors (Lipinski definition) is 2. The topological polar surface area (TPSA) is 16.4 Å². The van der Waals surface area contributed by atoms with E-state index in [4.69, 9.17) is 4.42 Å². The zero-order valence-corrected chi connectivity index (χ0v) is 32.6. The van der Waals surface area contributed by atoms with Gasteiger partial charge in [-0.25, -0.2) is 0 Å². The fourth-order valence-corrected chi connectivity index (χ4v) is 8.78. The Balaban J connectivity index is 0.987. The molecule has 0 amide bonds. The second-order valence-corrected chi connectivity index (χ2v) is 15.4. The molecule has 2 nitrogen and oxygen atoms in total. The summed E-state index contributed by atoms with van der Waals surface area (Å²) in [4.78, 5) is 2.35. The van der Waals surface area contributed by atoms with E-state index >= 15 is 0 Å². The molecule has 1 heterocycles. The van der Waals surface area contributed by atoms with Gasteiger partial charge in [0.2, 0.25) is 0 Å². The summed E-state index contributed by atoms with van der Waals surface area (Å²) in [6, 6.07) is 78.9. The average Bonchev–Trinajstić information content (AvgIpc) is 3.68. The third kappa shape index (κ3) is 6.23. The number of anilines is 3. The van der Waals surface area contributed by atoms with Crippen LogP contribution in [-0.4, -0.2) is 0 Å².